The van der Waals surface area contributed by atoms with Gasteiger partial charge in [0.1, 0.15) is 0 Å². The van der Waals surface area contributed by atoms with Crippen LogP contribution in [0.4, 0.5) is 5.69 Å². The van der Waals surface area contributed by atoms with E-state index in [9.17, 15) is 0 Å². The Morgan fingerprint density at radius 1 is 0.850 bits per heavy atom. The van der Waals surface area contributed by atoms with E-state index < -0.39 is 0 Å². The second-order valence-corrected chi connectivity index (χ2v) is 5.77. The molecule has 0 bridgehead atoms. The minimum Gasteiger partial charge on any atom is -0.377 e. The molecule has 2 nitrogen and oxygen atoms in total. The molecule has 1 aromatic carbocycles. The summed E-state index contributed by atoms with van der Waals surface area (Å²) in [6, 6.07) is 13.3. The molecule has 1 unspecified atom stereocenters. The minimum atomic E-state index is 0.277. The summed E-state index contributed by atoms with van der Waals surface area (Å²) in [4.78, 5) is 4.50. The first kappa shape index (κ1) is 14.6. The van der Waals surface area contributed by atoms with Gasteiger partial charge in [0.15, 0.2) is 0 Å². The summed E-state index contributed by atoms with van der Waals surface area (Å²) in [7, 11) is 0. The molecular weight excluding hydrogens is 244 g/mol. The Balaban J connectivity index is 2.13. The van der Waals surface area contributed by atoms with Crippen molar-refractivity contribution in [2.75, 3.05) is 5.32 Å². The number of nitrogens with one attached hydrogen (secondary N) is 1. The van der Waals surface area contributed by atoms with E-state index in [1.807, 2.05) is 19.9 Å². The lowest BCUT2D eigenvalue weighted by Crippen LogP contribution is -2.08. The third-order valence-corrected chi connectivity index (χ3v) is 3.70. The van der Waals surface area contributed by atoms with Gasteiger partial charge in [0.2, 0.25) is 0 Å². The normalized spacial score (nSPS) is 12.5. The van der Waals surface area contributed by atoms with E-state index in [4.69, 9.17) is 0 Å². The van der Waals surface area contributed by atoms with Crippen molar-refractivity contribution < 1.29 is 0 Å². The number of aryl methyl sites for hydroxylation is 2. The van der Waals surface area contributed by atoms with Crippen LogP contribution in [0.5, 0.6) is 0 Å². The fourth-order valence-electron chi connectivity index (χ4n) is 2.33. The maximum Gasteiger partial charge on any atom is 0.0607 e. The molecule has 2 rings (SSSR count). The Kier molecular flexibility index (Phi) is 4.43. The fraction of sp³-hybridized carbons (Fsp3) is 0.389. The number of benzene rings is 1. The first-order chi connectivity index (χ1) is 9.47. The maximum atomic E-state index is 4.50. The Morgan fingerprint density at radius 2 is 1.45 bits per heavy atom. The molecule has 1 atom stereocenters. The fourth-order valence-corrected chi connectivity index (χ4v) is 2.33. The topological polar surface area (TPSA) is 24.9 Å². The predicted molar refractivity (Wildman–Crippen MR) is 86.3 cm³/mol. The number of anilines is 1. The average molecular weight is 268 g/mol. The number of pyridine rings is 1. The monoisotopic (exact) mass is 268 g/mol. The van der Waals surface area contributed by atoms with Crippen LogP contribution in [0.3, 0.4) is 0 Å². The van der Waals surface area contributed by atoms with Crippen LogP contribution in [0.15, 0.2) is 36.4 Å². The standard InChI is InChI=1S/C18H24N2/c1-12(2)16-7-9-17(10-8-16)14(4)20-18-11-6-13(3)19-15(18)5/h6-12,14,20H,1-5H3. The highest BCUT2D eigenvalue weighted by Gasteiger charge is 2.08. The molecule has 2 aromatic rings. The molecule has 2 heteroatoms. The van der Waals surface area contributed by atoms with Gasteiger partial charge in [0.25, 0.3) is 0 Å². The minimum absolute atomic E-state index is 0.277. The van der Waals surface area contributed by atoms with Gasteiger partial charge in [-0.25, -0.2) is 0 Å². The van der Waals surface area contributed by atoms with Gasteiger partial charge in [-0.1, -0.05) is 38.1 Å². The van der Waals surface area contributed by atoms with Crippen molar-refractivity contribution in [2.24, 2.45) is 0 Å². The lowest BCUT2D eigenvalue weighted by Gasteiger charge is -2.18. The summed E-state index contributed by atoms with van der Waals surface area (Å²) >= 11 is 0. The summed E-state index contributed by atoms with van der Waals surface area (Å²) in [5.41, 5.74) is 5.90. The molecule has 0 spiro atoms. The Hall–Kier alpha value is -1.83. The number of rotatable bonds is 4. The highest BCUT2D eigenvalue weighted by Crippen LogP contribution is 2.23. The van der Waals surface area contributed by atoms with E-state index in [1.54, 1.807) is 0 Å². The highest BCUT2D eigenvalue weighted by atomic mass is 14.9. The zero-order chi connectivity index (χ0) is 14.7. The van der Waals surface area contributed by atoms with Gasteiger partial charge in [0.05, 0.1) is 11.4 Å². The van der Waals surface area contributed by atoms with Crippen molar-refractivity contribution in [3.8, 4) is 0 Å². The Morgan fingerprint density at radius 3 is 2.00 bits per heavy atom. The van der Waals surface area contributed by atoms with Crippen LogP contribution in [-0.4, -0.2) is 4.98 Å². The maximum absolute atomic E-state index is 4.50. The molecule has 0 amide bonds. The molecule has 0 aliphatic carbocycles. The van der Waals surface area contributed by atoms with Crippen molar-refractivity contribution in [1.82, 2.24) is 4.98 Å². The van der Waals surface area contributed by atoms with Crippen molar-refractivity contribution in [3.05, 3.63) is 58.9 Å². The molecule has 0 fully saturated rings. The molecule has 106 valence electrons. The molecule has 0 aliphatic rings. The first-order valence-electron chi connectivity index (χ1n) is 7.28. The number of hydrogen-bond donors (Lipinski definition) is 1. The van der Waals surface area contributed by atoms with Gasteiger partial charge in [0, 0.05) is 11.7 Å². The van der Waals surface area contributed by atoms with E-state index in [2.05, 4.69) is 61.4 Å². The van der Waals surface area contributed by atoms with Gasteiger partial charge >= 0.3 is 0 Å². The zero-order valence-corrected chi connectivity index (χ0v) is 13.1. The van der Waals surface area contributed by atoms with E-state index in [0.29, 0.717) is 5.92 Å². The van der Waals surface area contributed by atoms with Crippen LogP contribution in [0.2, 0.25) is 0 Å². The highest BCUT2D eigenvalue weighted by molar-refractivity contribution is 5.49. The van der Waals surface area contributed by atoms with Gasteiger partial charge in [-0.05, 0) is 49.9 Å². The summed E-state index contributed by atoms with van der Waals surface area (Å²) in [5.74, 6) is 0.579. The van der Waals surface area contributed by atoms with Crippen LogP contribution in [0.25, 0.3) is 0 Å². The third kappa shape index (κ3) is 3.38. The SMILES string of the molecule is Cc1ccc(NC(C)c2ccc(C(C)C)cc2)c(C)n1. The third-order valence-electron chi connectivity index (χ3n) is 3.70. The molecule has 20 heavy (non-hydrogen) atoms. The second kappa shape index (κ2) is 6.08. The molecule has 0 radical (unpaired) electrons. The van der Waals surface area contributed by atoms with Crippen molar-refractivity contribution in [2.45, 2.75) is 46.6 Å². The first-order valence-corrected chi connectivity index (χ1v) is 7.28. The molecule has 1 aromatic heterocycles. The summed E-state index contributed by atoms with van der Waals surface area (Å²) in [6.45, 7) is 10.7. The molecular formula is C18H24N2. The summed E-state index contributed by atoms with van der Waals surface area (Å²) in [6.07, 6.45) is 0. The van der Waals surface area contributed by atoms with Crippen molar-refractivity contribution >= 4 is 5.69 Å². The van der Waals surface area contributed by atoms with Crippen LogP contribution in [-0.2, 0) is 0 Å². The molecule has 0 aliphatic heterocycles. The average Bonchev–Trinajstić information content (AvgIpc) is 2.42. The lowest BCUT2D eigenvalue weighted by molar-refractivity contribution is 0.850. The number of nitrogens with zero attached hydrogens (tertiary/aromatic N) is 1. The quantitative estimate of drug-likeness (QED) is 0.844. The van der Waals surface area contributed by atoms with Gasteiger partial charge in [-0.3, -0.25) is 4.98 Å². The van der Waals surface area contributed by atoms with Crippen LogP contribution in [0.1, 0.15) is 55.2 Å². The molecule has 1 N–H and O–H groups in total. The summed E-state index contributed by atoms with van der Waals surface area (Å²) in [5, 5.41) is 3.54. The van der Waals surface area contributed by atoms with Gasteiger partial charge in [-0.2, -0.15) is 0 Å². The molecule has 0 saturated carbocycles. The van der Waals surface area contributed by atoms with Crippen LogP contribution in [0, 0.1) is 13.8 Å². The van der Waals surface area contributed by atoms with Gasteiger partial charge in [-0.15, -0.1) is 0 Å². The second-order valence-electron chi connectivity index (χ2n) is 5.77. The van der Waals surface area contributed by atoms with E-state index in [1.165, 1.54) is 11.1 Å². The molecule has 1 heterocycles. The largest absolute Gasteiger partial charge is 0.377 e. The smallest absolute Gasteiger partial charge is 0.0607 e. The number of hydrogen-bond acceptors (Lipinski definition) is 2. The number of aromatic nitrogens is 1. The summed E-state index contributed by atoms with van der Waals surface area (Å²) < 4.78 is 0. The van der Waals surface area contributed by atoms with E-state index >= 15 is 0 Å². The Labute approximate surface area is 122 Å². The Bertz CT molecular complexity index is 570. The van der Waals surface area contributed by atoms with Gasteiger partial charge < -0.3 is 5.32 Å². The zero-order valence-electron chi connectivity index (χ0n) is 13.1. The van der Waals surface area contributed by atoms with Crippen molar-refractivity contribution in [3.63, 3.8) is 0 Å². The lowest BCUT2D eigenvalue weighted by atomic mass is 9.99. The van der Waals surface area contributed by atoms with Crippen LogP contribution < -0.4 is 5.32 Å². The predicted octanol–water partition coefficient (Wildman–Crippen LogP) is 4.99. The van der Waals surface area contributed by atoms with Crippen molar-refractivity contribution in [1.29, 1.82) is 0 Å². The van der Waals surface area contributed by atoms with E-state index in [-0.39, 0.29) is 6.04 Å². The van der Waals surface area contributed by atoms with E-state index in [0.717, 1.165) is 17.1 Å². The molecule has 0 saturated heterocycles. The van der Waals surface area contributed by atoms with Crippen LogP contribution >= 0.6 is 0 Å².